The van der Waals surface area contributed by atoms with Crippen LogP contribution in [-0.4, -0.2) is 166 Å². The summed E-state index contributed by atoms with van der Waals surface area (Å²) in [6, 6.07) is 17.3. The lowest BCUT2D eigenvalue weighted by molar-refractivity contribution is -0.144. The van der Waals surface area contributed by atoms with Crippen LogP contribution in [0.3, 0.4) is 0 Å². The van der Waals surface area contributed by atoms with E-state index in [1.54, 1.807) is 23.6 Å². The van der Waals surface area contributed by atoms with E-state index in [1.165, 1.54) is 11.1 Å². The van der Waals surface area contributed by atoms with Gasteiger partial charge in [-0.3, -0.25) is 33.7 Å². The lowest BCUT2D eigenvalue weighted by Crippen LogP contribution is -2.62. The van der Waals surface area contributed by atoms with Gasteiger partial charge in [-0.25, -0.2) is 23.1 Å². The molecule has 0 aliphatic carbocycles. The zero-order chi connectivity index (χ0) is 59.9. The van der Waals surface area contributed by atoms with E-state index in [4.69, 9.17) is 0 Å². The van der Waals surface area contributed by atoms with Gasteiger partial charge in [-0.1, -0.05) is 57.2 Å². The molecule has 448 valence electrons. The number of rotatable bonds is 17. The molecule has 0 radical (unpaired) electrons. The van der Waals surface area contributed by atoms with Gasteiger partial charge in [-0.2, -0.15) is 12.7 Å². The molecule has 23 heteroatoms. The number of aryl methyl sites for hydroxylation is 1. The normalized spacial score (nSPS) is 22.1. The van der Waals surface area contributed by atoms with Gasteiger partial charge in [0.2, 0.25) is 23.5 Å². The minimum atomic E-state index is -4.38. The topological polar surface area (TPSA) is 217 Å². The number of aliphatic hydroxyl groups excluding tert-OH is 1. The summed E-state index contributed by atoms with van der Waals surface area (Å²) in [6.45, 7) is 17.6. The summed E-state index contributed by atoms with van der Waals surface area (Å²) in [6.07, 6.45) is 2.78. The van der Waals surface area contributed by atoms with Crippen molar-refractivity contribution in [2.75, 3.05) is 68.5 Å². The zero-order valence-electron chi connectivity index (χ0n) is 48.4. The van der Waals surface area contributed by atoms with E-state index < -0.39 is 81.1 Å². The van der Waals surface area contributed by atoms with Gasteiger partial charge < -0.3 is 30.5 Å². The monoisotopic (exact) mass is 1190 g/mol. The van der Waals surface area contributed by atoms with Crippen LogP contribution in [0.4, 0.5) is 24.5 Å². The van der Waals surface area contributed by atoms with Crippen molar-refractivity contribution in [1.82, 2.24) is 44.6 Å². The van der Waals surface area contributed by atoms with E-state index >= 15 is 8.78 Å². The summed E-state index contributed by atoms with van der Waals surface area (Å²) in [5, 5.41) is 17.3. The molecule has 4 aliphatic heterocycles. The number of aromatic nitrogens is 3. The molecule has 4 fully saturated rings. The van der Waals surface area contributed by atoms with Gasteiger partial charge in [-0.15, -0.1) is 11.3 Å². The highest BCUT2D eigenvalue weighted by atomic mass is 32.2. The highest BCUT2D eigenvalue weighted by Gasteiger charge is 2.45. The number of hydrogen-bond donors (Lipinski definition) is 5. The Morgan fingerprint density at radius 3 is 2.20 bits per heavy atom. The molecule has 3 aromatic carbocycles. The predicted molar refractivity (Wildman–Crippen MR) is 318 cm³/mol. The number of aliphatic hydroxyl groups is 1. The number of aromatic amines is 1. The van der Waals surface area contributed by atoms with E-state index in [9.17, 15) is 37.1 Å². The molecular formula is C61H74F3N11O7S2. The summed E-state index contributed by atoms with van der Waals surface area (Å²) in [7, 11) is -4.38. The number of piperazine rings is 1. The van der Waals surface area contributed by atoms with Gasteiger partial charge in [0.15, 0.2) is 5.82 Å². The number of amides is 3. The van der Waals surface area contributed by atoms with E-state index in [1.807, 2.05) is 93.4 Å². The van der Waals surface area contributed by atoms with Crippen molar-refractivity contribution >= 4 is 67.5 Å². The van der Waals surface area contributed by atoms with Gasteiger partial charge >= 0.3 is 10.2 Å². The van der Waals surface area contributed by atoms with E-state index in [-0.39, 0.29) is 68.0 Å². The SMILES string of the molecule is Cc1ncsc1-c1ccc(C(C)NC(=O)[C@@H]2C[C@@H](O)CN2C(=O)C(NC(=O)CN2[C@H](C)CN(CC3CCN(c4ccc(-c5cnc6[nH]cc(C(=O)c7c(F)ccc(NS(=O)(=O)N8CC[C@@H](F)C8)c7F)c6c5)cc4)CC3)C[C@@H]2C)C(C)(C)C)cc1. The highest BCUT2D eigenvalue weighted by molar-refractivity contribution is 7.90. The second kappa shape index (κ2) is 24.7. The van der Waals surface area contributed by atoms with Crippen molar-refractivity contribution < 1.29 is 45.9 Å². The lowest BCUT2D eigenvalue weighted by Gasteiger charge is -2.46. The number of alkyl halides is 1. The largest absolute Gasteiger partial charge is 0.391 e. The van der Waals surface area contributed by atoms with Crippen molar-refractivity contribution in [2.45, 2.75) is 117 Å². The van der Waals surface area contributed by atoms with E-state index in [0.717, 1.165) is 95.0 Å². The molecule has 4 saturated heterocycles. The van der Waals surface area contributed by atoms with Crippen LogP contribution in [0.15, 0.2) is 84.6 Å². The van der Waals surface area contributed by atoms with Crippen molar-refractivity contribution in [3.63, 3.8) is 0 Å². The molecule has 7 heterocycles. The van der Waals surface area contributed by atoms with Crippen LogP contribution in [0.5, 0.6) is 0 Å². The Morgan fingerprint density at radius 2 is 1.56 bits per heavy atom. The number of thiazole rings is 1. The van der Waals surface area contributed by atoms with Crippen LogP contribution in [0, 0.1) is 29.9 Å². The van der Waals surface area contributed by atoms with Crippen LogP contribution < -0.4 is 20.3 Å². The first-order chi connectivity index (χ1) is 39.9. The number of hydrogen-bond acceptors (Lipinski definition) is 13. The number of ketones is 1. The average Bonchev–Trinajstić information content (AvgIpc) is 2.45. The Morgan fingerprint density at radius 1 is 0.869 bits per heavy atom. The lowest BCUT2D eigenvalue weighted by atomic mass is 9.85. The standard InChI is InChI=1S/C61H74F3N11O7S2/c1-35-28-71(29-36(2)74(35)33-52(77)69-57(61(5,6)7)60(80)75-32-46(76)25-51(75)59(79)68-37(3)40-8-10-42(11-9-40)56-38(4)67-34-83-56)30-39-18-21-72(22-19-39)45-14-12-41(13-15-45)43-24-47-48(27-66-58(47)65-26-43)55(78)53-49(63)16-17-50(54(53)64)70-84(81,82)73-23-20-44(62)31-73/h8-17,24,26-27,34-37,39,44,46,51,57,70,76H,18-23,25,28-33H2,1-7H3,(H,65,66)(H,68,79)(H,69,77)/t35-,36+,37?,44-,46-,51+,57?/m1/s1. The van der Waals surface area contributed by atoms with Crippen molar-refractivity contribution in [3.8, 4) is 21.6 Å². The Hall–Kier alpha value is -6.76. The number of H-pyrrole nitrogens is 1. The third-order valence-electron chi connectivity index (χ3n) is 17.0. The summed E-state index contributed by atoms with van der Waals surface area (Å²) < 4.78 is 73.5. The van der Waals surface area contributed by atoms with E-state index in [2.05, 4.69) is 54.1 Å². The van der Waals surface area contributed by atoms with Crippen LogP contribution in [0.2, 0.25) is 0 Å². The molecule has 0 saturated carbocycles. The Balaban J connectivity index is 0.701. The minimum absolute atomic E-state index is 0.00609. The number of β-amino-alcohol motifs (C(OH)–C–C–N with tert-alkyl or cyclic N) is 1. The van der Waals surface area contributed by atoms with Gasteiger partial charge in [0.25, 0.3) is 0 Å². The fraction of sp³-hybridized carbons (Fsp3) is 0.475. The molecule has 3 amide bonds. The maximum absolute atomic E-state index is 15.9. The average molecular weight is 1190 g/mol. The molecular weight excluding hydrogens is 1120 g/mol. The van der Waals surface area contributed by atoms with Gasteiger partial charge in [0.1, 0.15) is 29.7 Å². The summed E-state index contributed by atoms with van der Waals surface area (Å²) in [5.74, 6) is -4.15. The summed E-state index contributed by atoms with van der Waals surface area (Å²) in [4.78, 5) is 77.4. The Bertz CT molecular complexity index is 3500. The first-order valence-corrected chi connectivity index (χ1v) is 31.1. The fourth-order valence-corrected chi connectivity index (χ4v) is 14.4. The first kappa shape index (κ1) is 60.4. The fourth-order valence-electron chi connectivity index (χ4n) is 12.4. The number of carbonyl (C=O) groups is 4. The molecule has 0 bridgehead atoms. The van der Waals surface area contributed by atoms with Gasteiger partial charge in [-0.05, 0) is 105 Å². The third-order valence-corrected chi connectivity index (χ3v) is 19.5. The van der Waals surface area contributed by atoms with Gasteiger partial charge in [0, 0.05) is 105 Å². The second-order valence-corrected chi connectivity index (χ2v) is 26.8. The van der Waals surface area contributed by atoms with Crippen LogP contribution in [0.25, 0.3) is 32.6 Å². The number of benzene rings is 3. The maximum atomic E-state index is 15.9. The summed E-state index contributed by atoms with van der Waals surface area (Å²) in [5.41, 5.74) is 5.21. The Kier molecular flexibility index (Phi) is 17.7. The number of fused-ring (bicyclic) bond motifs is 1. The molecule has 6 aromatic rings. The maximum Gasteiger partial charge on any atom is 0.301 e. The van der Waals surface area contributed by atoms with Gasteiger partial charge in [0.05, 0.1) is 46.0 Å². The number of likely N-dealkylation sites (tertiary alicyclic amines) is 1. The molecule has 84 heavy (non-hydrogen) atoms. The molecule has 7 atom stereocenters. The second-order valence-electron chi connectivity index (χ2n) is 24.2. The molecule has 0 spiro atoms. The Labute approximate surface area is 492 Å². The van der Waals surface area contributed by atoms with E-state index in [0.29, 0.717) is 22.5 Å². The number of nitrogens with zero attached hydrogens (tertiary/aromatic N) is 7. The van der Waals surface area contributed by atoms with Crippen LogP contribution in [-0.2, 0) is 24.6 Å². The number of piperidine rings is 1. The molecule has 5 N–H and O–H groups in total. The zero-order valence-corrected chi connectivity index (χ0v) is 50.0. The molecule has 4 aliphatic rings. The number of nitrogens with one attached hydrogen (secondary N) is 4. The van der Waals surface area contributed by atoms with Crippen LogP contribution >= 0.6 is 11.3 Å². The number of pyridine rings is 1. The highest BCUT2D eigenvalue weighted by Crippen LogP contribution is 2.34. The smallest absolute Gasteiger partial charge is 0.301 e. The molecule has 10 rings (SSSR count). The van der Waals surface area contributed by atoms with Crippen molar-refractivity contribution in [3.05, 3.63) is 119 Å². The first-order valence-electron chi connectivity index (χ1n) is 28.8. The minimum Gasteiger partial charge on any atom is -0.391 e. The number of halogens is 3. The number of carbonyl (C=O) groups excluding carboxylic acids is 4. The third kappa shape index (κ3) is 13.1. The molecule has 18 nitrogen and oxygen atoms in total. The van der Waals surface area contributed by atoms with Crippen molar-refractivity contribution in [1.29, 1.82) is 0 Å². The molecule has 2 unspecified atom stereocenters. The van der Waals surface area contributed by atoms with Crippen LogP contribution in [0.1, 0.15) is 100 Å². The number of anilines is 2. The molecule has 3 aromatic heterocycles. The quantitative estimate of drug-likeness (QED) is 0.0552. The van der Waals surface area contributed by atoms with Crippen molar-refractivity contribution in [2.24, 2.45) is 11.3 Å². The predicted octanol–water partition coefficient (Wildman–Crippen LogP) is 7.85. The summed E-state index contributed by atoms with van der Waals surface area (Å²) >= 11 is 1.57.